The first kappa shape index (κ1) is 16.3. The molecule has 0 amide bonds. The normalized spacial score (nSPS) is 24.7. The first-order valence-corrected chi connectivity index (χ1v) is 8.94. The predicted octanol–water partition coefficient (Wildman–Crippen LogP) is 3.23. The van der Waals surface area contributed by atoms with Gasteiger partial charge >= 0.3 is 0 Å². The molecule has 0 aromatic heterocycles. The van der Waals surface area contributed by atoms with E-state index in [1.165, 1.54) is 44.6 Å². The third-order valence-corrected chi connectivity index (χ3v) is 5.06. The summed E-state index contributed by atoms with van der Waals surface area (Å²) in [5.41, 5.74) is 0.406. The molecule has 0 aromatic rings. The quantitative estimate of drug-likeness (QED) is 0.766. The van der Waals surface area contributed by atoms with Crippen molar-refractivity contribution in [2.45, 2.75) is 58.5 Å². The largest absolute Gasteiger partial charge is 0.311 e. The summed E-state index contributed by atoms with van der Waals surface area (Å²) < 4.78 is 0. The van der Waals surface area contributed by atoms with Crippen molar-refractivity contribution < 1.29 is 0 Å². The Morgan fingerprint density at radius 1 is 1.33 bits per heavy atom. The van der Waals surface area contributed by atoms with Gasteiger partial charge in [-0.2, -0.15) is 11.8 Å². The van der Waals surface area contributed by atoms with Gasteiger partial charge in [0.25, 0.3) is 0 Å². The van der Waals surface area contributed by atoms with Gasteiger partial charge in [0.15, 0.2) is 0 Å². The molecule has 3 heteroatoms. The van der Waals surface area contributed by atoms with E-state index in [0.29, 0.717) is 11.6 Å². The molecule has 1 rings (SSSR count). The van der Waals surface area contributed by atoms with Gasteiger partial charge in [0.1, 0.15) is 0 Å². The maximum Gasteiger partial charge on any atom is 0.0329 e. The van der Waals surface area contributed by atoms with E-state index in [9.17, 15) is 0 Å². The SMILES string of the molecule is CCC1(CC)CNC(CC(C)C)CN1CCSC. The lowest BCUT2D eigenvalue weighted by Crippen LogP contribution is -2.64. The second kappa shape index (κ2) is 7.76. The van der Waals surface area contributed by atoms with Crippen molar-refractivity contribution >= 4 is 11.8 Å². The van der Waals surface area contributed by atoms with Crippen LogP contribution >= 0.6 is 11.8 Å². The van der Waals surface area contributed by atoms with Gasteiger partial charge in [-0.05, 0) is 31.4 Å². The van der Waals surface area contributed by atoms with Crippen LogP contribution in [0.2, 0.25) is 0 Å². The maximum absolute atomic E-state index is 3.80. The lowest BCUT2D eigenvalue weighted by atomic mass is 9.86. The third-order valence-electron chi connectivity index (χ3n) is 4.47. The molecular weight excluding hydrogens is 240 g/mol. The Morgan fingerprint density at radius 3 is 2.50 bits per heavy atom. The van der Waals surface area contributed by atoms with Gasteiger partial charge in [0.05, 0.1) is 0 Å². The van der Waals surface area contributed by atoms with Gasteiger partial charge in [0.2, 0.25) is 0 Å². The van der Waals surface area contributed by atoms with Crippen LogP contribution in [-0.4, -0.2) is 48.1 Å². The molecule has 0 aromatic carbocycles. The molecule has 1 atom stereocenters. The summed E-state index contributed by atoms with van der Waals surface area (Å²) in [6.45, 7) is 13.0. The lowest BCUT2D eigenvalue weighted by molar-refractivity contribution is 0.0333. The fourth-order valence-electron chi connectivity index (χ4n) is 3.17. The van der Waals surface area contributed by atoms with Crippen LogP contribution in [0.15, 0.2) is 0 Å². The predicted molar refractivity (Wildman–Crippen MR) is 84.5 cm³/mol. The highest BCUT2D eigenvalue weighted by molar-refractivity contribution is 7.98. The Kier molecular flexibility index (Phi) is 7.04. The standard InChI is InChI=1S/C15H32N2S/c1-6-15(7-2)12-16-14(10-13(3)4)11-17(15)8-9-18-5/h13-14,16H,6-12H2,1-5H3. The van der Waals surface area contributed by atoms with Gasteiger partial charge in [-0.15, -0.1) is 0 Å². The third kappa shape index (κ3) is 4.14. The summed E-state index contributed by atoms with van der Waals surface area (Å²) in [5, 5.41) is 3.80. The Morgan fingerprint density at radius 2 is 2.00 bits per heavy atom. The number of piperazine rings is 1. The van der Waals surface area contributed by atoms with E-state index in [-0.39, 0.29) is 0 Å². The van der Waals surface area contributed by atoms with Crippen LogP contribution in [0.4, 0.5) is 0 Å². The molecular formula is C15H32N2S. The highest BCUT2D eigenvalue weighted by Gasteiger charge is 2.38. The van der Waals surface area contributed by atoms with Crippen molar-refractivity contribution in [3.8, 4) is 0 Å². The smallest absolute Gasteiger partial charge is 0.0329 e. The number of hydrogen-bond donors (Lipinski definition) is 1. The molecule has 2 nitrogen and oxygen atoms in total. The van der Waals surface area contributed by atoms with Crippen LogP contribution in [0.25, 0.3) is 0 Å². The minimum absolute atomic E-state index is 0.406. The van der Waals surface area contributed by atoms with Crippen LogP contribution in [-0.2, 0) is 0 Å². The Balaban J connectivity index is 2.65. The fourth-order valence-corrected chi connectivity index (χ4v) is 3.58. The highest BCUT2D eigenvalue weighted by atomic mass is 32.2. The molecule has 0 spiro atoms. The summed E-state index contributed by atoms with van der Waals surface area (Å²) in [7, 11) is 0. The molecule has 0 radical (unpaired) electrons. The number of nitrogens with zero attached hydrogens (tertiary/aromatic N) is 1. The number of hydrogen-bond acceptors (Lipinski definition) is 3. The Bertz CT molecular complexity index is 227. The zero-order chi connectivity index (χ0) is 13.6. The summed E-state index contributed by atoms with van der Waals surface area (Å²) in [5.74, 6) is 2.05. The van der Waals surface area contributed by atoms with E-state index in [2.05, 4.69) is 44.2 Å². The summed E-state index contributed by atoms with van der Waals surface area (Å²) in [6.07, 6.45) is 6.05. The number of nitrogens with one attached hydrogen (secondary N) is 1. The lowest BCUT2D eigenvalue weighted by Gasteiger charge is -2.50. The van der Waals surface area contributed by atoms with E-state index < -0.39 is 0 Å². The van der Waals surface area contributed by atoms with Crippen LogP contribution in [0, 0.1) is 5.92 Å². The highest BCUT2D eigenvalue weighted by Crippen LogP contribution is 2.28. The van der Waals surface area contributed by atoms with Crippen molar-refractivity contribution in [1.29, 1.82) is 0 Å². The minimum Gasteiger partial charge on any atom is -0.311 e. The molecule has 1 heterocycles. The minimum atomic E-state index is 0.406. The molecule has 1 N–H and O–H groups in total. The monoisotopic (exact) mass is 272 g/mol. The first-order chi connectivity index (χ1) is 8.57. The maximum atomic E-state index is 3.80. The van der Waals surface area contributed by atoms with Gasteiger partial charge in [-0.3, -0.25) is 4.90 Å². The van der Waals surface area contributed by atoms with Crippen LogP contribution < -0.4 is 5.32 Å². The average molecular weight is 273 g/mol. The van der Waals surface area contributed by atoms with Crippen LogP contribution in [0.5, 0.6) is 0 Å². The van der Waals surface area contributed by atoms with E-state index in [1.54, 1.807) is 0 Å². The van der Waals surface area contributed by atoms with Crippen molar-refractivity contribution in [2.24, 2.45) is 5.92 Å². The molecule has 1 aliphatic rings. The molecule has 1 fully saturated rings. The zero-order valence-corrected chi connectivity index (χ0v) is 13.8. The molecule has 1 unspecified atom stereocenters. The average Bonchev–Trinajstić information content (AvgIpc) is 2.36. The summed E-state index contributed by atoms with van der Waals surface area (Å²) in [4.78, 5) is 2.77. The van der Waals surface area contributed by atoms with Crippen molar-refractivity contribution in [3.05, 3.63) is 0 Å². The Labute approximate surface area is 118 Å². The van der Waals surface area contributed by atoms with Gasteiger partial charge in [0, 0.05) is 37.0 Å². The molecule has 108 valence electrons. The molecule has 1 saturated heterocycles. The second-order valence-corrected chi connectivity index (χ2v) is 7.06. The zero-order valence-electron chi connectivity index (χ0n) is 13.0. The number of rotatable bonds is 7. The van der Waals surface area contributed by atoms with Gasteiger partial charge in [-0.25, -0.2) is 0 Å². The van der Waals surface area contributed by atoms with Crippen LogP contribution in [0.3, 0.4) is 0 Å². The van der Waals surface area contributed by atoms with E-state index in [0.717, 1.165) is 5.92 Å². The topological polar surface area (TPSA) is 15.3 Å². The van der Waals surface area contributed by atoms with Crippen LogP contribution in [0.1, 0.15) is 47.0 Å². The van der Waals surface area contributed by atoms with Crippen molar-refractivity contribution in [2.75, 3.05) is 31.6 Å². The molecule has 0 bridgehead atoms. The molecule has 0 saturated carbocycles. The summed E-state index contributed by atoms with van der Waals surface area (Å²) in [6, 6.07) is 0.693. The van der Waals surface area contributed by atoms with Crippen molar-refractivity contribution in [1.82, 2.24) is 10.2 Å². The fraction of sp³-hybridized carbons (Fsp3) is 1.00. The van der Waals surface area contributed by atoms with Gasteiger partial charge in [-0.1, -0.05) is 27.7 Å². The van der Waals surface area contributed by atoms with Crippen molar-refractivity contribution in [3.63, 3.8) is 0 Å². The molecule has 1 aliphatic heterocycles. The first-order valence-electron chi connectivity index (χ1n) is 7.55. The summed E-state index contributed by atoms with van der Waals surface area (Å²) >= 11 is 1.97. The Hall–Kier alpha value is 0.270. The van der Waals surface area contributed by atoms with Gasteiger partial charge < -0.3 is 5.32 Å². The molecule has 0 aliphatic carbocycles. The van der Waals surface area contributed by atoms with E-state index in [4.69, 9.17) is 0 Å². The number of thioether (sulfide) groups is 1. The van der Waals surface area contributed by atoms with E-state index in [1.807, 2.05) is 11.8 Å². The van der Waals surface area contributed by atoms with E-state index >= 15 is 0 Å². The second-order valence-electron chi connectivity index (χ2n) is 6.08. The molecule has 18 heavy (non-hydrogen) atoms.